The second-order valence-corrected chi connectivity index (χ2v) is 8.23. The van der Waals surface area contributed by atoms with E-state index >= 15 is 0 Å². The number of carbonyl (C=O) groups excluding carboxylic acids is 2. The van der Waals surface area contributed by atoms with Gasteiger partial charge in [-0.1, -0.05) is 35.3 Å². The van der Waals surface area contributed by atoms with Gasteiger partial charge in [-0.05, 0) is 48.4 Å². The van der Waals surface area contributed by atoms with Crippen molar-refractivity contribution in [2.24, 2.45) is 0 Å². The molecule has 2 aromatic carbocycles. The second-order valence-electron chi connectivity index (χ2n) is 7.35. The largest absolute Gasteiger partial charge is 0.325 e. The van der Waals surface area contributed by atoms with Gasteiger partial charge in [0.05, 0.1) is 12.2 Å². The number of amides is 2. The third kappa shape index (κ3) is 2.59. The Morgan fingerprint density at radius 2 is 1.76 bits per heavy atom. The summed E-state index contributed by atoms with van der Waals surface area (Å²) in [4.78, 5) is 25.8. The molecule has 1 spiro atoms. The SMILES string of the molecule is CC(c1ccc(Cl)cc1)n1ncc2c1NC(=O)C[C@]21C(=O)Nc2ccc(Cl)cc21. The van der Waals surface area contributed by atoms with Gasteiger partial charge in [0.1, 0.15) is 11.2 Å². The molecule has 1 unspecified atom stereocenters. The van der Waals surface area contributed by atoms with Gasteiger partial charge in [-0.25, -0.2) is 4.68 Å². The fraction of sp³-hybridized carbons (Fsp3) is 0.190. The topological polar surface area (TPSA) is 76.0 Å². The zero-order chi connectivity index (χ0) is 20.3. The summed E-state index contributed by atoms with van der Waals surface area (Å²) >= 11 is 12.2. The van der Waals surface area contributed by atoms with Gasteiger partial charge in [0.15, 0.2) is 0 Å². The quantitative estimate of drug-likeness (QED) is 0.638. The van der Waals surface area contributed by atoms with E-state index in [1.54, 1.807) is 29.1 Å². The molecule has 0 fully saturated rings. The number of benzene rings is 2. The Balaban J connectivity index is 1.68. The molecule has 0 saturated carbocycles. The molecule has 2 N–H and O–H groups in total. The summed E-state index contributed by atoms with van der Waals surface area (Å²) in [6.45, 7) is 1.98. The van der Waals surface area contributed by atoms with Crippen molar-refractivity contribution >= 4 is 46.5 Å². The average Bonchev–Trinajstić information content (AvgIpc) is 3.22. The van der Waals surface area contributed by atoms with Gasteiger partial charge in [0, 0.05) is 27.7 Å². The molecule has 6 nitrogen and oxygen atoms in total. The molecule has 146 valence electrons. The van der Waals surface area contributed by atoms with Gasteiger partial charge in [0.25, 0.3) is 0 Å². The van der Waals surface area contributed by atoms with Crippen molar-refractivity contribution in [2.45, 2.75) is 24.8 Å². The van der Waals surface area contributed by atoms with Gasteiger partial charge in [-0.3, -0.25) is 9.59 Å². The Bertz CT molecular complexity index is 1170. The molecule has 3 heterocycles. The Morgan fingerprint density at radius 3 is 2.52 bits per heavy atom. The lowest BCUT2D eigenvalue weighted by Gasteiger charge is -2.32. The van der Waals surface area contributed by atoms with E-state index in [1.165, 1.54) is 0 Å². The Morgan fingerprint density at radius 1 is 1.03 bits per heavy atom. The highest BCUT2D eigenvalue weighted by molar-refractivity contribution is 6.31. The van der Waals surface area contributed by atoms with Crippen molar-refractivity contribution in [3.63, 3.8) is 0 Å². The van der Waals surface area contributed by atoms with Gasteiger partial charge in [-0.15, -0.1) is 0 Å². The number of nitrogens with one attached hydrogen (secondary N) is 2. The molecular formula is C21H16Cl2N4O2. The van der Waals surface area contributed by atoms with Gasteiger partial charge in [-0.2, -0.15) is 5.10 Å². The molecule has 0 aliphatic carbocycles. The van der Waals surface area contributed by atoms with Crippen LogP contribution in [0.25, 0.3) is 0 Å². The van der Waals surface area contributed by atoms with Crippen molar-refractivity contribution in [3.8, 4) is 0 Å². The Kier molecular flexibility index (Phi) is 3.98. The fourth-order valence-electron chi connectivity index (χ4n) is 4.26. The van der Waals surface area contributed by atoms with Crippen LogP contribution in [0.5, 0.6) is 0 Å². The molecule has 8 heteroatoms. The van der Waals surface area contributed by atoms with Crippen LogP contribution in [0.4, 0.5) is 11.5 Å². The van der Waals surface area contributed by atoms with Crippen LogP contribution in [0.3, 0.4) is 0 Å². The summed E-state index contributed by atoms with van der Waals surface area (Å²) in [5, 5.41) is 11.5. The first-order chi connectivity index (χ1) is 13.9. The Hall–Kier alpha value is -2.83. The average molecular weight is 427 g/mol. The maximum atomic E-state index is 13.1. The fourth-order valence-corrected chi connectivity index (χ4v) is 4.56. The third-order valence-electron chi connectivity index (χ3n) is 5.74. The van der Waals surface area contributed by atoms with E-state index in [-0.39, 0.29) is 24.3 Å². The van der Waals surface area contributed by atoms with Crippen molar-refractivity contribution < 1.29 is 9.59 Å². The van der Waals surface area contributed by atoms with E-state index in [9.17, 15) is 9.59 Å². The van der Waals surface area contributed by atoms with E-state index in [0.29, 0.717) is 32.7 Å². The number of carbonyl (C=O) groups is 2. The van der Waals surface area contributed by atoms with Gasteiger partial charge >= 0.3 is 0 Å². The first-order valence-corrected chi connectivity index (χ1v) is 9.90. The standard InChI is InChI=1S/C21H16Cl2N4O2/c1-11(12-2-4-13(22)5-3-12)27-19-16(10-24-27)21(9-18(28)26-19)15-8-14(23)6-7-17(15)25-20(21)29/h2-8,10-11H,9H2,1H3,(H,25,29)(H,26,28)/t11?,21-/m1/s1. The van der Waals surface area contributed by atoms with Crippen LogP contribution in [0, 0.1) is 0 Å². The summed E-state index contributed by atoms with van der Waals surface area (Å²) in [6, 6.07) is 12.5. The minimum Gasteiger partial charge on any atom is -0.325 e. The molecule has 2 aliphatic heterocycles. The third-order valence-corrected chi connectivity index (χ3v) is 6.22. The highest BCUT2D eigenvalue weighted by Crippen LogP contribution is 2.50. The van der Waals surface area contributed by atoms with Crippen LogP contribution in [0.2, 0.25) is 10.0 Å². The minimum atomic E-state index is -1.14. The lowest BCUT2D eigenvalue weighted by Crippen LogP contribution is -2.43. The molecule has 0 radical (unpaired) electrons. The molecule has 0 saturated heterocycles. The van der Waals surface area contributed by atoms with E-state index in [0.717, 1.165) is 5.56 Å². The molecule has 2 aliphatic rings. The van der Waals surface area contributed by atoms with E-state index < -0.39 is 5.41 Å². The van der Waals surface area contributed by atoms with E-state index in [1.807, 2.05) is 31.2 Å². The lowest BCUT2D eigenvalue weighted by molar-refractivity contribution is -0.125. The van der Waals surface area contributed by atoms with Crippen LogP contribution in [0.1, 0.15) is 36.1 Å². The smallest absolute Gasteiger partial charge is 0.240 e. The molecule has 29 heavy (non-hydrogen) atoms. The Labute approximate surface area is 176 Å². The summed E-state index contributed by atoms with van der Waals surface area (Å²) in [5.74, 6) is 0.0294. The first-order valence-electron chi connectivity index (χ1n) is 9.15. The molecule has 5 rings (SSSR count). The van der Waals surface area contributed by atoms with E-state index in [2.05, 4.69) is 15.7 Å². The molecule has 1 aromatic heterocycles. The van der Waals surface area contributed by atoms with Gasteiger partial charge in [0.2, 0.25) is 11.8 Å². The number of anilines is 2. The number of nitrogens with zero attached hydrogens (tertiary/aromatic N) is 2. The minimum absolute atomic E-state index is 0.000193. The summed E-state index contributed by atoms with van der Waals surface area (Å²) in [6.07, 6.45) is 1.66. The number of rotatable bonds is 2. The van der Waals surface area contributed by atoms with Gasteiger partial charge < -0.3 is 10.6 Å². The van der Waals surface area contributed by atoms with Crippen LogP contribution in [0.15, 0.2) is 48.7 Å². The van der Waals surface area contributed by atoms with Crippen molar-refractivity contribution in [3.05, 3.63) is 75.4 Å². The normalized spacial score (nSPS) is 20.8. The number of halogens is 2. The van der Waals surface area contributed by atoms with Crippen LogP contribution >= 0.6 is 23.2 Å². The summed E-state index contributed by atoms with van der Waals surface area (Å²) in [5.41, 5.74) is 1.86. The number of aromatic nitrogens is 2. The highest BCUT2D eigenvalue weighted by Gasteiger charge is 2.54. The van der Waals surface area contributed by atoms with Crippen LogP contribution in [-0.2, 0) is 15.0 Å². The lowest BCUT2D eigenvalue weighted by atomic mass is 9.72. The predicted molar refractivity (Wildman–Crippen MR) is 112 cm³/mol. The number of hydrogen-bond donors (Lipinski definition) is 2. The zero-order valence-electron chi connectivity index (χ0n) is 15.4. The van der Waals surface area contributed by atoms with Crippen LogP contribution < -0.4 is 10.6 Å². The van der Waals surface area contributed by atoms with Crippen molar-refractivity contribution in [1.82, 2.24) is 9.78 Å². The number of hydrogen-bond acceptors (Lipinski definition) is 3. The highest BCUT2D eigenvalue weighted by atomic mass is 35.5. The maximum Gasteiger partial charge on any atom is 0.240 e. The van der Waals surface area contributed by atoms with E-state index in [4.69, 9.17) is 23.2 Å². The summed E-state index contributed by atoms with van der Waals surface area (Å²) < 4.78 is 1.73. The molecule has 2 amide bonds. The molecule has 2 atom stereocenters. The summed E-state index contributed by atoms with van der Waals surface area (Å²) in [7, 11) is 0. The second kappa shape index (κ2) is 6.34. The maximum absolute atomic E-state index is 13.1. The molecule has 3 aromatic rings. The van der Waals surface area contributed by atoms with Crippen molar-refractivity contribution in [1.29, 1.82) is 0 Å². The zero-order valence-corrected chi connectivity index (χ0v) is 16.9. The van der Waals surface area contributed by atoms with Crippen LogP contribution in [-0.4, -0.2) is 21.6 Å². The first kappa shape index (κ1) is 18.2. The molecular weight excluding hydrogens is 411 g/mol. The predicted octanol–water partition coefficient (Wildman–Crippen LogP) is 4.38. The number of fused-ring (bicyclic) bond motifs is 4. The van der Waals surface area contributed by atoms with Crippen molar-refractivity contribution in [2.75, 3.05) is 10.6 Å². The monoisotopic (exact) mass is 426 g/mol. The molecule has 0 bridgehead atoms.